The summed E-state index contributed by atoms with van der Waals surface area (Å²) in [6.07, 6.45) is 4.04. The molecular formula is C22H26N2O3. The molecule has 2 aromatic carbocycles. The molecule has 1 N–H and O–H groups in total. The van der Waals surface area contributed by atoms with Crippen molar-refractivity contribution in [2.75, 3.05) is 30.4 Å². The Hall–Kier alpha value is -2.82. The van der Waals surface area contributed by atoms with E-state index in [4.69, 9.17) is 4.74 Å². The van der Waals surface area contributed by atoms with Crippen LogP contribution in [0.15, 0.2) is 48.5 Å². The van der Waals surface area contributed by atoms with Crippen LogP contribution in [0.25, 0.3) is 0 Å². The number of ketones is 1. The van der Waals surface area contributed by atoms with E-state index in [-0.39, 0.29) is 24.5 Å². The van der Waals surface area contributed by atoms with Crippen LogP contribution < -0.4 is 15.0 Å². The second kappa shape index (κ2) is 9.21. The number of amides is 1. The van der Waals surface area contributed by atoms with Gasteiger partial charge in [0.1, 0.15) is 5.75 Å². The van der Waals surface area contributed by atoms with Crippen molar-refractivity contribution in [3.8, 4) is 5.75 Å². The van der Waals surface area contributed by atoms with Gasteiger partial charge in [-0.15, -0.1) is 0 Å². The van der Waals surface area contributed by atoms with Crippen molar-refractivity contribution >= 4 is 23.1 Å². The first-order valence-electron chi connectivity index (χ1n) is 9.48. The van der Waals surface area contributed by atoms with E-state index in [0.717, 1.165) is 24.5 Å². The SMILES string of the molecule is COc1cccc(C(=O)CCC(=O)Nc2cccc(N3CCCCC3)c2)c1. The van der Waals surface area contributed by atoms with Crippen LogP contribution in [0, 0.1) is 0 Å². The highest BCUT2D eigenvalue weighted by Crippen LogP contribution is 2.23. The lowest BCUT2D eigenvalue weighted by Gasteiger charge is -2.29. The smallest absolute Gasteiger partial charge is 0.224 e. The van der Waals surface area contributed by atoms with E-state index in [1.807, 2.05) is 18.2 Å². The number of carbonyl (C=O) groups is 2. The molecule has 1 aliphatic rings. The first-order chi connectivity index (χ1) is 13.2. The summed E-state index contributed by atoms with van der Waals surface area (Å²) >= 11 is 0. The van der Waals surface area contributed by atoms with E-state index in [1.165, 1.54) is 19.3 Å². The zero-order valence-corrected chi connectivity index (χ0v) is 15.7. The van der Waals surface area contributed by atoms with Gasteiger partial charge >= 0.3 is 0 Å². The van der Waals surface area contributed by atoms with Crippen LogP contribution in [-0.4, -0.2) is 31.9 Å². The lowest BCUT2D eigenvalue weighted by molar-refractivity contribution is -0.116. The fourth-order valence-corrected chi connectivity index (χ4v) is 3.32. The minimum Gasteiger partial charge on any atom is -0.497 e. The Morgan fingerprint density at radius 1 is 1.00 bits per heavy atom. The van der Waals surface area contributed by atoms with Crippen LogP contribution in [0.5, 0.6) is 5.75 Å². The van der Waals surface area contributed by atoms with E-state index in [1.54, 1.807) is 31.4 Å². The summed E-state index contributed by atoms with van der Waals surface area (Å²) in [6.45, 7) is 2.12. The Morgan fingerprint density at radius 2 is 1.78 bits per heavy atom. The summed E-state index contributed by atoms with van der Waals surface area (Å²) < 4.78 is 5.14. The number of nitrogens with zero attached hydrogens (tertiary/aromatic N) is 1. The average Bonchev–Trinajstić information content (AvgIpc) is 2.73. The number of methoxy groups -OCH3 is 1. The van der Waals surface area contributed by atoms with Crippen molar-refractivity contribution in [3.05, 3.63) is 54.1 Å². The minimum atomic E-state index is -0.151. The van der Waals surface area contributed by atoms with Crippen molar-refractivity contribution in [1.29, 1.82) is 0 Å². The normalized spacial score (nSPS) is 13.9. The van der Waals surface area contributed by atoms with Crippen LogP contribution in [0.4, 0.5) is 11.4 Å². The van der Waals surface area contributed by atoms with Gasteiger partial charge in [-0.2, -0.15) is 0 Å². The summed E-state index contributed by atoms with van der Waals surface area (Å²) in [5.41, 5.74) is 2.48. The maximum absolute atomic E-state index is 12.3. The number of benzene rings is 2. The van der Waals surface area contributed by atoms with Gasteiger partial charge in [0.25, 0.3) is 0 Å². The monoisotopic (exact) mass is 366 g/mol. The summed E-state index contributed by atoms with van der Waals surface area (Å²) in [5, 5.41) is 2.91. The number of anilines is 2. The second-order valence-electron chi connectivity index (χ2n) is 6.80. The number of nitrogens with one attached hydrogen (secondary N) is 1. The molecule has 0 unspecified atom stereocenters. The molecule has 1 aliphatic heterocycles. The molecule has 1 saturated heterocycles. The van der Waals surface area contributed by atoms with Gasteiger partial charge in [-0.25, -0.2) is 0 Å². The number of ether oxygens (including phenoxy) is 1. The maximum Gasteiger partial charge on any atom is 0.224 e. The molecule has 142 valence electrons. The van der Waals surface area contributed by atoms with Gasteiger partial charge < -0.3 is 15.0 Å². The number of hydrogen-bond acceptors (Lipinski definition) is 4. The molecule has 5 heteroatoms. The minimum absolute atomic E-state index is 0.0638. The molecule has 27 heavy (non-hydrogen) atoms. The zero-order chi connectivity index (χ0) is 19.1. The fraction of sp³-hybridized carbons (Fsp3) is 0.364. The molecule has 0 aromatic heterocycles. The number of piperidine rings is 1. The molecule has 1 amide bonds. The van der Waals surface area contributed by atoms with Gasteiger partial charge in [0.2, 0.25) is 5.91 Å². The third-order valence-electron chi connectivity index (χ3n) is 4.82. The number of Topliss-reactive ketones (excluding diaryl/α,β-unsaturated/α-hetero) is 1. The molecule has 0 spiro atoms. The molecule has 0 atom stereocenters. The molecule has 1 heterocycles. The van der Waals surface area contributed by atoms with E-state index >= 15 is 0 Å². The molecular weight excluding hydrogens is 340 g/mol. The Bertz CT molecular complexity index is 798. The quantitative estimate of drug-likeness (QED) is 0.743. The Morgan fingerprint density at radius 3 is 2.56 bits per heavy atom. The molecule has 3 rings (SSSR count). The van der Waals surface area contributed by atoms with Crippen LogP contribution in [0.1, 0.15) is 42.5 Å². The van der Waals surface area contributed by atoms with Crippen LogP contribution in [0.2, 0.25) is 0 Å². The number of carbonyl (C=O) groups excluding carboxylic acids is 2. The van der Waals surface area contributed by atoms with Gasteiger partial charge in [0.05, 0.1) is 7.11 Å². The molecule has 1 fully saturated rings. The molecule has 0 aliphatic carbocycles. The van der Waals surface area contributed by atoms with Gasteiger partial charge in [-0.1, -0.05) is 18.2 Å². The van der Waals surface area contributed by atoms with Crippen molar-refractivity contribution in [3.63, 3.8) is 0 Å². The van der Waals surface area contributed by atoms with E-state index < -0.39 is 0 Å². The van der Waals surface area contributed by atoms with Crippen LogP contribution in [-0.2, 0) is 4.79 Å². The Labute approximate surface area is 160 Å². The maximum atomic E-state index is 12.3. The molecule has 5 nitrogen and oxygen atoms in total. The van der Waals surface area contributed by atoms with E-state index in [2.05, 4.69) is 16.3 Å². The third-order valence-corrected chi connectivity index (χ3v) is 4.82. The summed E-state index contributed by atoms with van der Waals surface area (Å²) in [7, 11) is 1.56. The van der Waals surface area contributed by atoms with Crippen molar-refractivity contribution in [2.45, 2.75) is 32.1 Å². The van der Waals surface area contributed by atoms with Gasteiger partial charge in [-0.3, -0.25) is 9.59 Å². The average molecular weight is 366 g/mol. The second-order valence-corrected chi connectivity index (χ2v) is 6.80. The van der Waals surface area contributed by atoms with Gasteiger partial charge in [0, 0.05) is 42.9 Å². The first kappa shape index (κ1) is 19.0. The van der Waals surface area contributed by atoms with Gasteiger partial charge in [-0.05, 0) is 49.6 Å². The molecule has 0 radical (unpaired) electrons. The Kier molecular flexibility index (Phi) is 6.47. The summed E-state index contributed by atoms with van der Waals surface area (Å²) in [6, 6.07) is 14.9. The lowest BCUT2D eigenvalue weighted by Crippen LogP contribution is -2.29. The topological polar surface area (TPSA) is 58.6 Å². The Balaban J connectivity index is 1.53. The van der Waals surface area contributed by atoms with Crippen LogP contribution >= 0.6 is 0 Å². The van der Waals surface area contributed by atoms with E-state index in [0.29, 0.717) is 11.3 Å². The predicted octanol–water partition coefficient (Wildman–Crippen LogP) is 4.29. The molecule has 0 saturated carbocycles. The van der Waals surface area contributed by atoms with Crippen molar-refractivity contribution in [2.24, 2.45) is 0 Å². The standard InChI is InChI=1S/C22H26N2O3/c1-27-20-10-5-7-17(15-20)21(25)11-12-22(26)23-18-8-6-9-19(16-18)24-13-3-2-4-14-24/h5-10,15-16H,2-4,11-14H2,1H3,(H,23,26). The highest BCUT2D eigenvalue weighted by molar-refractivity contribution is 6.00. The number of hydrogen-bond donors (Lipinski definition) is 1. The summed E-state index contributed by atoms with van der Waals surface area (Å²) in [4.78, 5) is 26.9. The zero-order valence-electron chi connectivity index (χ0n) is 15.7. The van der Waals surface area contributed by atoms with Gasteiger partial charge in [0.15, 0.2) is 5.78 Å². The first-order valence-corrected chi connectivity index (χ1v) is 9.48. The van der Waals surface area contributed by atoms with Crippen molar-refractivity contribution < 1.29 is 14.3 Å². The highest BCUT2D eigenvalue weighted by atomic mass is 16.5. The number of rotatable bonds is 7. The predicted molar refractivity (Wildman–Crippen MR) is 108 cm³/mol. The summed E-state index contributed by atoms with van der Waals surface area (Å²) in [5.74, 6) is 0.424. The largest absolute Gasteiger partial charge is 0.497 e. The van der Waals surface area contributed by atoms with E-state index in [9.17, 15) is 9.59 Å². The van der Waals surface area contributed by atoms with Crippen LogP contribution in [0.3, 0.4) is 0 Å². The highest BCUT2D eigenvalue weighted by Gasteiger charge is 2.13. The lowest BCUT2D eigenvalue weighted by atomic mass is 10.1. The molecule has 2 aromatic rings. The fourth-order valence-electron chi connectivity index (χ4n) is 3.32. The third kappa shape index (κ3) is 5.33. The molecule has 0 bridgehead atoms. The van der Waals surface area contributed by atoms with Crippen molar-refractivity contribution in [1.82, 2.24) is 0 Å².